The minimum absolute atomic E-state index is 0. The first-order valence-corrected chi connectivity index (χ1v) is 12.9. The number of aromatic carboxylic acids is 1. The van der Waals surface area contributed by atoms with Gasteiger partial charge in [0.05, 0.1) is 22.0 Å². The molecule has 0 saturated carbocycles. The average molecular weight is 574 g/mol. The highest BCUT2D eigenvalue weighted by molar-refractivity contribution is 6.30. The fourth-order valence-corrected chi connectivity index (χ4v) is 5.37. The molecule has 11 heteroatoms. The van der Waals surface area contributed by atoms with E-state index in [1.54, 1.807) is 24.3 Å². The van der Waals surface area contributed by atoms with Crippen LogP contribution in [0.25, 0.3) is 0 Å². The number of amides is 1. The summed E-state index contributed by atoms with van der Waals surface area (Å²) in [6.07, 6.45) is 3.07. The van der Waals surface area contributed by atoms with Gasteiger partial charge in [-0.15, -0.1) is 12.4 Å². The van der Waals surface area contributed by atoms with Gasteiger partial charge in [0, 0.05) is 50.0 Å². The summed E-state index contributed by atoms with van der Waals surface area (Å²) in [5.74, 6) is -0.972. The highest BCUT2D eigenvalue weighted by Crippen LogP contribution is 2.43. The quantitative estimate of drug-likeness (QED) is 0.427. The number of carbonyl (C=O) groups is 2. The topological polar surface area (TPSA) is 89.9 Å². The number of carbonyl (C=O) groups excluding carboxylic acids is 1. The SMILES string of the molecule is CN(c1ccc(C(=O)O)cn1)C1CCCN(C(=O)c2ccc3c(n2)C(C)(C)CN3c2ccc(Cl)c(F)c2)C1.Cl. The number of hydrogen-bond donors (Lipinski definition) is 1. The largest absolute Gasteiger partial charge is 0.478 e. The van der Waals surface area contributed by atoms with E-state index in [-0.39, 0.29) is 40.4 Å². The van der Waals surface area contributed by atoms with Crippen LogP contribution in [-0.2, 0) is 5.41 Å². The Morgan fingerprint density at radius 1 is 1.18 bits per heavy atom. The summed E-state index contributed by atoms with van der Waals surface area (Å²) in [7, 11) is 1.91. The molecule has 1 amide bonds. The summed E-state index contributed by atoms with van der Waals surface area (Å²) in [6.45, 7) is 5.86. The highest BCUT2D eigenvalue weighted by Gasteiger charge is 2.39. The maximum atomic E-state index is 14.2. The number of likely N-dealkylation sites (N-methyl/N-ethyl adjacent to an activating group) is 1. The Morgan fingerprint density at radius 2 is 1.95 bits per heavy atom. The summed E-state index contributed by atoms with van der Waals surface area (Å²) in [6, 6.07) is 11.6. The fraction of sp³-hybridized carbons (Fsp3) is 0.357. The highest BCUT2D eigenvalue weighted by atomic mass is 35.5. The first-order chi connectivity index (χ1) is 18.0. The van der Waals surface area contributed by atoms with E-state index in [0.717, 1.165) is 24.2 Å². The van der Waals surface area contributed by atoms with Gasteiger partial charge in [-0.3, -0.25) is 4.79 Å². The molecule has 1 saturated heterocycles. The Kier molecular flexibility index (Phi) is 8.04. The lowest BCUT2D eigenvalue weighted by atomic mass is 9.91. The maximum absolute atomic E-state index is 14.2. The molecule has 0 bridgehead atoms. The van der Waals surface area contributed by atoms with E-state index in [2.05, 4.69) is 18.8 Å². The van der Waals surface area contributed by atoms with Gasteiger partial charge >= 0.3 is 5.97 Å². The zero-order valence-electron chi connectivity index (χ0n) is 21.9. The Hall–Kier alpha value is -3.43. The van der Waals surface area contributed by atoms with Crippen LogP contribution in [0.2, 0.25) is 5.02 Å². The zero-order valence-corrected chi connectivity index (χ0v) is 23.5. The van der Waals surface area contributed by atoms with Gasteiger partial charge in [0.2, 0.25) is 0 Å². The monoisotopic (exact) mass is 573 g/mol. The van der Waals surface area contributed by atoms with Crippen molar-refractivity contribution in [2.24, 2.45) is 0 Å². The van der Waals surface area contributed by atoms with Gasteiger partial charge in [-0.25, -0.2) is 19.2 Å². The molecular weight excluding hydrogens is 544 g/mol. The van der Waals surface area contributed by atoms with Crippen LogP contribution in [0.1, 0.15) is 53.2 Å². The molecule has 0 spiro atoms. The normalized spacial score (nSPS) is 17.8. The fourth-order valence-electron chi connectivity index (χ4n) is 5.25. The Morgan fingerprint density at radius 3 is 2.62 bits per heavy atom. The van der Waals surface area contributed by atoms with Gasteiger partial charge in [0.1, 0.15) is 17.3 Å². The molecule has 1 aromatic carbocycles. The van der Waals surface area contributed by atoms with Crippen LogP contribution in [0.4, 0.5) is 21.6 Å². The lowest BCUT2D eigenvalue weighted by Crippen LogP contribution is -2.49. The predicted octanol–water partition coefficient (Wildman–Crippen LogP) is 5.56. The van der Waals surface area contributed by atoms with Crippen molar-refractivity contribution >= 4 is 53.1 Å². The second-order valence-electron chi connectivity index (χ2n) is 10.5. The van der Waals surface area contributed by atoms with Crippen molar-refractivity contribution in [2.75, 3.05) is 36.5 Å². The summed E-state index contributed by atoms with van der Waals surface area (Å²) in [5.41, 5.74) is 2.50. The number of hydrogen-bond acceptors (Lipinski definition) is 6. The van der Waals surface area contributed by atoms with Gasteiger partial charge in [-0.1, -0.05) is 25.4 Å². The van der Waals surface area contributed by atoms with E-state index in [1.807, 2.05) is 27.8 Å². The Bertz CT molecular complexity index is 1400. The van der Waals surface area contributed by atoms with Crippen LogP contribution in [0, 0.1) is 5.82 Å². The second kappa shape index (κ2) is 11.0. The van der Waals surface area contributed by atoms with Gasteiger partial charge < -0.3 is 19.8 Å². The molecule has 206 valence electrons. The van der Waals surface area contributed by atoms with Crippen molar-refractivity contribution in [3.63, 3.8) is 0 Å². The number of nitrogens with zero attached hydrogens (tertiary/aromatic N) is 5. The second-order valence-corrected chi connectivity index (χ2v) is 10.9. The number of benzene rings is 1. The third-order valence-corrected chi connectivity index (χ3v) is 7.69. The molecular formula is C28H30Cl2FN5O3. The third kappa shape index (κ3) is 5.51. The third-order valence-electron chi connectivity index (χ3n) is 7.38. The van der Waals surface area contributed by atoms with E-state index in [4.69, 9.17) is 21.7 Å². The predicted molar refractivity (Wildman–Crippen MR) is 151 cm³/mol. The van der Waals surface area contributed by atoms with E-state index in [9.17, 15) is 14.0 Å². The standard InChI is InChI=1S/C28H29ClFN5O3.ClH/c1-28(2)16-35(18-7-8-20(29)21(30)13-18)23-10-9-22(32-25(23)28)26(36)34-12-4-5-19(15-34)33(3)24-11-6-17(14-31-24)27(37)38;/h6-11,13-14,19H,4-5,12,15-16H2,1-3H3,(H,37,38);1H. The smallest absolute Gasteiger partial charge is 0.337 e. The number of aromatic nitrogens is 2. The van der Waals surface area contributed by atoms with Crippen molar-refractivity contribution in [2.45, 2.75) is 38.1 Å². The molecule has 2 aromatic heterocycles. The minimum atomic E-state index is -1.02. The van der Waals surface area contributed by atoms with E-state index in [0.29, 0.717) is 36.8 Å². The number of pyridine rings is 2. The van der Waals surface area contributed by atoms with Crippen LogP contribution in [0.5, 0.6) is 0 Å². The number of fused-ring (bicyclic) bond motifs is 1. The summed E-state index contributed by atoms with van der Waals surface area (Å²) < 4.78 is 14.2. The average Bonchev–Trinajstić information content (AvgIpc) is 3.19. The van der Waals surface area contributed by atoms with Crippen molar-refractivity contribution in [1.29, 1.82) is 0 Å². The van der Waals surface area contributed by atoms with Gasteiger partial charge in [0.25, 0.3) is 5.91 Å². The summed E-state index contributed by atoms with van der Waals surface area (Å²) in [5, 5.41) is 9.20. The number of piperidine rings is 1. The number of halogens is 3. The van der Waals surface area contributed by atoms with Crippen LogP contribution in [0.15, 0.2) is 48.7 Å². The molecule has 4 heterocycles. The first kappa shape index (κ1) is 28.6. The van der Waals surface area contributed by atoms with Crippen molar-refractivity contribution in [3.8, 4) is 0 Å². The number of anilines is 3. The summed E-state index contributed by atoms with van der Waals surface area (Å²) >= 11 is 5.88. The zero-order chi connectivity index (χ0) is 27.2. The maximum Gasteiger partial charge on any atom is 0.337 e. The van der Waals surface area contributed by atoms with Crippen LogP contribution in [0.3, 0.4) is 0 Å². The lowest BCUT2D eigenvalue weighted by molar-refractivity contribution is 0.0688. The van der Waals surface area contributed by atoms with Crippen LogP contribution >= 0.6 is 24.0 Å². The molecule has 5 rings (SSSR count). The Labute approximate surface area is 237 Å². The molecule has 3 aromatic rings. The molecule has 8 nitrogen and oxygen atoms in total. The van der Waals surface area contributed by atoms with E-state index < -0.39 is 11.8 Å². The molecule has 1 fully saturated rings. The minimum Gasteiger partial charge on any atom is -0.478 e. The molecule has 39 heavy (non-hydrogen) atoms. The molecule has 0 aliphatic carbocycles. The molecule has 1 atom stereocenters. The van der Waals surface area contributed by atoms with Crippen molar-refractivity contribution < 1.29 is 19.1 Å². The van der Waals surface area contributed by atoms with Crippen molar-refractivity contribution in [3.05, 3.63) is 76.5 Å². The molecule has 2 aliphatic heterocycles. The van der Waals surface area contributed by atoms with Crippen molar-refractivity contribution in [1.82, 2.24) is 14.9 Å². The number of likely N-dealkylation sites (tertiary alicyclic amines) is 1. The lowest BCUT2D eigenvalue weighted by Gasteiger charge is -2.38. The molecule has 2 aliphatic rings. The first-order valence-electron chi connectivity index (χ1n) is 12.5. The van der Waals surface area contributed by atoms with Gasteiger partial charge in [-0.2, -0.15) is 0 Å². The molecule has 0 radical (unpaired) electrons. The van der Waals surface area contributed by atoms with E-state index >= 15 is 0 Å². The van der Waals surface area contributed by atoms with Crippen LogP contribution in [-0.4, -0.2) is 64.6 Å². The number of carboxylic acid groups (broad SMARTS) is 1. The number of rotatable bonds is 5. The van der Waals surface area contributed by atoms with Crippen LogP contribution < -0.4 is 9.80 Å². The number of carboxylic acids is 1. The summed E-state index contributed by atoms with van der Waals surface area (Å²) in [4.78, 5) is 39.6. The molecule has 1 N–H and O–H groups in total. The van der Waals surface area contributed by atoms with Gasteiger partial charge in [0.15, 0.2) is 0 Å². The van der Waals surface area contributed by atoms with Gasteiger partial charge in [-0.05, 0) is 55.3 Å². The Balaban J connectivity index is 0.00000353. The molecule has 1 unspecified atom stereocenters. The van der Waals surface area contributed by atoms with E-state index in [1.165, 1.54) is 18.3 Å².